The molecule has 1 aliphatic rings. The first-order valence-corrected chi connectivity index (χ1v) is 6.51. The Morgan fingerprint density at radius 2 is 2.11 bits per heavy atom. The van der Waals surface area contributed by atoms with E-state index in [0.717, 1.165) is 30.0 Å². The molecule has 0 atom stereocenters. The zero-order valence-corrected chi connectivity index (χ0v) is 11.4. The van der Waals surface area contributed by atoms with E-state index in [1.807, 2.05) is 13.8 Å². The lowest BCUT2D eigenvalue weighted by molar-refractivity contribution is 0.693. The standard InChI is InChI=1S/C15H21N3/c1-4-6-11-7-5-8-12(9-11)14-17-10-13(18-14)15(2,3)16/h5,7-9H,4,6,10,16H2,1-3H3. The number of aryl methyl sites for hydroxylation is 1. The van der Waals surface area contributed by atoms with Gasteiger partial charge in [0, 0.05) is 5.56 Å². The lowest BCUT2D eigenvalue weighted by atomic mass is 10.0. The van der Waals surface area contributed by atoms with Crippen molar-refractivity contribution in [3.05, 3.63) is 35.4 Å². The summed E-state index contributed by atoms with van der Waals surface area (Å²) in [5, 5.41) is 0. The van der Waals surface area contributed by atoms with Gasteiger partial charge < -0.3 is 5.73 Å². The van der Waals surface area contributed by atoms with E-state index in [0.29, 0.717) is 6.54 Å². The maximum Gasteiger partial charge on any atom is 0.155 e. The normalized spacial score (nSPS) is 15.6. The smallest absolute Gasteiger partial charge is 0.155 e. The summed E-state index contributed by atoms with van der Waals surface area (Å²) >= 11 is 0. The molecule has 0 aliphatic carbocycles. The molecule has 3 heteroatoms. The van der Waals surface area contributed by atoms with Crippen molar-refractivity contribution in [1.82, 2.24) is 0 Å². The van der Waals surface area contributed by atoms with Gasteiger partial charge in [0.05, 0.1) is 17.8 Å². The molecule has 0 saturated carbocycles. The number of hydrogen-bond acceptors (Lipinski definition) is 3. The minimum atomic E-state index is -0.383. The zero-order valence-electron chi connectivity index (χ0n) is 11.4. The van der Waals surface area contributed by atoms with Gasteiger partial charge in [-0.25, -0.2) is 4.99 Å². The summed E-state index contributed by atoms with van der Waals surface area (Å²) in [6.07, 6.45) is 2.25. The van der Waals surface area contributed by atoms with Crippen molar-refractivity contribution in [3.8, 4) is 0 Å². The minimum Gasteiger partial charge on any atom is -0.321 e. The summed E-state index contributed by atoms with van der Waals surface area (Å²) in [6, 6.07) is 8.47. The Morgan fingerprint density at radius 3 is 2.72 bits per heavy atom. The maximum absolute atomic E-state index is 6.05. The van der Waals surface area contributed by atoms with Crippen LogP contribution in [0.25, 0.3) is 0 Å². The molecule has 2 rings (SSSR count). The summed E-state index contributed by atoms with van der Waals surface area (Å²) in [5.41, 5.74) is 9.07. The van der Waals surface area contributed by atoms with E-state index in [2.05, 4.69) is 41.2 Å². The van der Waals surface area contributed by atoms with Crippen LogP contribution in [0.3, 0.4) is 0 Å². The monoisotopic (exact) mass is 243 g/mol. The van der Waals surface area contributed by atoms with Crippen molar-refractivity contribution in [2.24, 2.45) is 15.7 Å². The average molecular weight is 243 g/mol. The van der Waals surface area contributed by atoms with Crippen molar-refractivity contribution in [2.75, 3.05) is 6.54 Å². The van der Waals surface area contributed by atoms with Crippen LogP contribution in [0, 0.1) is 0 Å². The topological polar surface area (TPSA) is 50.7 Å². The van der Waals surface area contributed by atoms with E-state index >= 15 is 0 Å². The highest BCUT2D eigenvalue weighted by atomic mass is 15.0. The van der Waals surface area contributed by atoms with Crippen LogP contribution in [0.4, 0.5) is 0 Å². The number of hydrogen-bond donors (Lipinski definition) is 1. The van der Waals surface area contributed by atoms with Gasteiger partial charge in [-0.15, -0.1) is 0 Å². The average Bonchev–Trinajstić information content (AvgIpc) is 2.78. The molecule has 0 spiro atoms. The summed E-state index contributed by atoms with van der Waals surface area (Å²) in [5.74, 6) is 0.821. The van der Waals surface area contributed by atoms with E-state index < -0.39 is 0 Å². The molecule has 1 aliphatic heterocycles. The third kappa shape index (κ3) is 2.85. The third-order valence-electron chi connectivity index (χ3n) is 3.09. The molecule has 1 aromatic rings. The fourth-order valence-electron chi connectivity index (χ4n) is 2.01. The summed E-state index contributed by atoms with van der Waals surface area (Å²) < 4.78 is 0. The number of nitrogens with zero attached hydrogens (tertiary/aromatic N) is 2. The van der Waals surface area contributed by atoms with Gasteiger partial charge in [0.15, 0.2) is 5.84 Å². The lowest BCUT2D eigenvalue weighted by Gasteiger charge is -2.17. The number of aliphatic imine (C=N–C) groups is 2. The van der Waals surface area contributed by atoms with Crippen LogP contribution in [-0.4, -0.2) is 23.6 Å². The number of nitrogens with two attached hydrogens (primary N) is 1. The molecule has 2 N–H and O–H groups in total. The van der Waals surface area contributed by atoms with Gasteiger partial charge >= 0.3 is 0 Å². The van der Waals surface area contributed by atoms with E-state index in [4.69, 9.17) is 5.73 Å². The largest absolute Gasteiger partial charge is 0.321 e. The Kier molecular flexibility index (Phi) is 3.62. The van der Waals surface area contributed by atoms with Crippen molar-refractivity contribution >= 4 is 11.5 Å². The van der Waals surface area contributed by atoms with Gasteiger partial charge in [-0.3, -0.25) is 4.99 Å². The maximum atomic E-state index is 6.05. The zero-order chi connectivity index (χ0) is 13.2. The van der Waals surface area contributed by atoms with Crippen LogP contribution in [-0.2, 0) is 6.42 Å². The Labute approximate surface area is 109 Å². The predicted octanol–water partition coefficient (Wildman–Crippen LogP) is 2.58. The molecule has 0 unspecified atom stereocenters. The van der Waals surface area contributed by atoms with Gasteiger partial charge in [-0.1, -0.05) is 31.5 Å². The lowest BCUT2D eigenvalue weighted by Crippen LogP contribution is -2.42. The van der Waals surface area contributed by atoms with E-state index in [-0.39, 0.29) is 5.54 Å². The van der Waals surface area contributed by atoms with E-state index in [9.17, 15) is 0 Å². The number of rotatable bonds is 4. The highest BCUT2D eigenvalue weighted by Crippen LogP contribution is 2.15. The molecule has 0 radical (unpaired) electrons. The van der Waals surface area contributed by atoms with Crippen molar-refractivity contribution in [3.63, 3.8) is 0 Å². The molecule has 96 valence electrons. The van der Waals surface area contributed by atoms with Crippen LogP contribution in [0.15, 0.2) is 34.3 Å². The van der Waals surface area contributed by atoms with E-state index in [1.54, 1.807) is 0 Å². The highest BCUT2D eigenvalue weighted by Gasteiger charge is 2.23. The molecule has 0 saturated heterocycles. The molecule has 3 nitrogen and oxygen atoms in total. The molecule has 18 heavy (non-hydrogen) atoms. The minimum absolute atomic E-state index is 0.383. The quantitative estimate of drug-likeness (QED) is 0.868. The van der Waals surface area contributed by atoms with Gasteiger partial charge in [0.25, 0.3) is 0 Å². The first-order valence-electron chi connectivity index (χ1n) is 6.51. The van der Waals surface area contributed by atoms with Gasteiger partial charge in [0.2, 0.25) is 0 Å². The van der Waals surface area contributed by atoms with Crippen molar-refractivity contribution in [2.45, 2.75) is 39.2 Å². The van der Waals surface area contributed by atoms with Crippen LogP contribution < -0.4 is 5.73 Å². The Hall–Kier alpha value is -1.48. The molecule has 0 aromatic heterocycles. The fourth-order valence-corrected chi connectivity index (χ4v) is 2.01. The number of benzene rings is 1. The van der Waals surface area contributed by atoms with Crippen LogP contribution in [0.2, 0.25) is 0 Å². The van der Waals surface area contributed by atoms with Crippen molar-refractivity contribution < 1.29 is 0 Å². The van der Waals surface area contributed by atoms with Crippen LogP contribution in [0.1, 0.15) is 38.3 Å². The molecule has 0 fully saturated rings. The summed E-state index contributed by atoms with van der Waals surface area (Å²) in [4.78, 5) is 9.06. The Morgan fingerprint density at radius 1 is 1.33 bits per heavy atom. The molecule has 0 bridgehead atoms. The van der Waals surface area contributed by atoms with Gasteiger partial charge in [-0.2, -0.15) is 0 Å². The SMILES string of the molecule is CCCc1cccc(C2=NCC(C(C)(C)N)=N2)c1. The highest BCUT2D eigenvalue weighted by molar-refractivity contribution is 6.14. The molecular weight excluding hydrogens is 222 g/mol. The fraction of sp³-hybridized carbons (Fsp3) is 0.467. The second-order valence-corrected chi connectivity index (χ2v) is 5.37. The third-order valence-corrected chi connectivity index (χ3v) is 3.09. The first kappa shape index (κ1) is 13.0. The van der Waals surface area contributed by atoms with Gasteiger partial charge in [-0.05, 0) is 31.9 Å². The molecular formula is C15H21N3. The Balaban J connectivity index is 2.23. The molecule has 1 aromatic carbocycles. The van der Waals surface area contributed by atoms with Crippen LogP contribution >= 0.6 is 0 Å². The van der Waals surface area contributed by atoms with Gasteiger partial charge in [0.1, 0.15) is 0 Å². The molecule has 1 heterocycles. The second-order valence-electron chi connectivity index (χ2n) is 5.37. The van der Waals surface area contributed by atoms with Crippen molar-refractivity contribution in [1.29, 1.82) is 0 Å². The van der Waals surface area contributed by atoms with Crippen LogP contribution in [0.5, 0.6) is 0 Å². The summed E-state index contributed by atoms with van der Waals surface area (Å²) in [6.45, 7) is 6.75. The first-order chi connectivity index (χ1) is 8.50. The Bertz CT molecular complexity index is 493. The number of amidine groups is 1. The molecule has 0 amide bonds. The second kappa shape index (κ2) is 5.02. The summed E-state index contributed by atoms with van der Waals surface area (Å²) in [7, 11) is 0. The van der Waals surface area contributed by atoms with E-state index in [1.165, 1.54) is 5.56 Å². The predicted molar refractivity (Wildman–Crippen MR) is 77.5 cm³/mol.